The van der Waals surface area contributed by atoms with Crippen molar-refractivity contribution >= 4 is 17.6 Å². The first kappa shape index (κ1) is 12.4. The zero-order valence-electron chi connectivity index (χ0n) is 11.1. The summed E-state index contributed by atoms with van der Waals surface area (Å²) in [5, 5.41) is 3.36. The Balaban J connectivity index is 2.33. The molecule has 0 radical (unpaired) electrons. The molecule has 18 heavy (non-hydrogen) atoms. The zero-order valence-corrected chi connectivity index (χ0v) is 11.1. The van der Waals surface area contributed by atoms with Gasteiger partial charge in [0.05, 0.1) is 0 Å². The molecule has 2 heteroatoms. The Morgan fingerprint density at radius 2 is 1.78 bits per heavy atom. The lowest BCUT2D eigenvalue weighted by Crippen LogP contribution is -1.98. The lowest BCUT2D eigenvalue weighted by molar-refractivity contribution is 1.15. The minimum Gasteiger partial charge on any atom is -0.340 e. The van der Waals surface area contributed by atoms with Crippen molar-refractivity contribution in [1.29, 1.82) is 0 Å². The van der Waals surface area contributed by atoms with Gasteiger partial charge in [-0.2, -0.15) is 0 Å². The number of benzene rings is 1. The van der Waals surface area contributed by atoms with Crippen LogP contribution < -0.4 is 5.32 Å². The summed E-state index contributed by atoms with van der Waals surface area (Å²) in [7, 11) is 0. The van der Waals surface area contributed by atoms with Crippen LogP contribution in [0.2, 0.25) is 0 Å². The number of hydrogen-bond donors (Lipinski definition) is 1. The predicted molar refractivity (Wildman–Crippen MR) is 78.3 cm³/mol. The molecule has 0 unspecified atom stereocenters. The third-order valence-electron chi connectivity index (χ3n) is 3.11. The summed E-state index contributed by atoms with van der Waals surface area (Å²) in [5.41, 5.74) is 5.63. The van der Waals surface area contributed by atoms with E-state index in [0.29, 0.717) is 0 Å². The Kier molecular flexibility index (Phi) is 3.47. The Morgan fingerprint density at radius 1 is 1.06 bits per heavy atom. The van der Waals surface area contributed by atoms with E-state index < -0.39 is 0 Å². The standard InChI is InChI=1S/C16H18N2/c1-5-14-8-6-12(3)15(10-14)18-16-9-7-11(2)13(4)17-16/h5-10H,1H2,2-4H3,(H,17,18). The highest BCUT2D eigenvalue weighted by molar-refractivity contribution is 5.65. The van der Waals surface area contributed by atoms with Crippen molar-refractivity contribution in [2.75, 3.05) is 5.32 Å². The molecule has 2 nitrogen and oxygen atoms in total. The monoisotopic (exact) mass is 238 g/mol. The van der Waals surface area contributed by atoms with Crippen LogP contribution in [0.1, 0.15) is 22.4 Å². The fourth-order valence-corrected chi connectivity index (χ4v) is 1.74. The Bertz CT molecular complexity index is 586. The van der Waals surface area contributed by atoms with Crippen LogP contribution in [0.25, 0.3) is 6.08 Å². The van der Waals surface area contributed by atoms with Gasteiger partial charge in [-0.05, 0) is 49.6 Å². The maximum Gasteiger partial charge on any atom is 0.130 e. The van der Waals surface area contributed by atoms with E-state index in [1.54, 1.807) is 0 Å². The third-order valence-corrected chi connectivity index (χ3v) is 3.11. The number of aryl methyl sites for hydroxylation is 3. The average molecular weight is 238 g/mol. The van der Waals surface area contributed by atoms with Crippen LogP contribution in [0.5, 0.6) is 0 Å². The number of hydrogen-bond acceptors (Lipinski definition) is 2. The first-order chi connectivity index (χ1) is 8.60. The normalized spacial score (nSPS) is 10.2. The lowest BCUT2D eigenvalue weighted by Gasteiger charge is -2.11. The molecular weight excluding hydrogens is 220 g/mol. The molecule has 0 saturated carbocycles. The maximum absolute atomic E-state index is 4.53. The van der Waals surface area contributed by atoms with Crippen molar-refractivity contribution in [3.63, 3.8) is 0 Å². The summed E-state index contributed by atoms with van der Waals surface area (Å²) in [6.45, 7) is 9.96. The van der Waals surface area contributed by atoms with Gasteiger partial charge in [0.2, 0.25) is 0 Å². The van der Waals surface area contributed by atoms with Crippen molar-refractivity contribution < 1.29 is 0 Å². The molecule has 1 N–H and O–H groups in total. The second kappa shape index (κ2) is 5.05. The second-order valence-electron chi connectivity index (χ2n) is 4.50. The molecule has 1 aromatic carbocycles. The van der Waals surface area contributed by atoms with E-state index in [4.69, 9.17) is 0 Å². The fourth-order valence-electron chi connectivity index (χ4n) is 1.74. The van der Waals surface area contributed by atoms with Gasteiger partial charge < -0.3 is 5.32 Å². The molecule has 1 heterocycles. The lowest BCUT2D eigenvalue weighted by atomic mass is 10.1. The highest BCUT2D eigenvalue weighted by Crippen LogP contribution is 2.22. The number of pyridine rings is 1. The Labute approximate surface area is 108 Å². The van der Waals surface area contributed by atoms with E-state index in [9.17, 15) is 0 Å². The highest BCUT2D eigenvalue weighted by Gasteiger charge is 2.02. The van der Waals surface area contributed by atoms with Crippen LogP contribution >= 0.6 is 0 Å². The number of nitrogens with one attached hydrogen (secondary N) is 1. The minimum atomic E-state index is 0.877. The van der Waals surface area contributed by atoms with Gasteiger partial charge in [-0.25, -0.2) is 4.98 Å². The van der Waals surface area contributed by atoms with Gasteiger partial charge in [-0.1, -0.05) is 30.9 Å². The smallest absolute Gasteiger partial charge is 0.130 e. The average Bonchev–Trinajstić information content (AvgIpc) is 2.36. The molecule has 0 aliphatic heterocycles. The predicted octanol–water partition coefficient (Wildman–Crippen LogP) is 4.39. The van der Waals surface area contributed by atoms with Crippen molar-refractivity contribution in [3.05, 3.63) is 59.3 Å². The Hall–Kier alpha value is -2.09. The first-order valence-electron chi connectivity index (χ1n) is 6.04. The Morgan fingerprint density at radius 3 is 2.44 bits per heavy atom. The highest BCUT2D eigenvalue weighted by atomic mass is 15.0. The van der Waals surface area contributed by atoms with Gasteiger partial charge in [0.25, 0.3) is 0 Å². The molecule has 92 valence electrons. The summed E-state index contributed by atoms with van der Waals surface area (Å²) in [5.74, 6) is 0.877. The maximum atomic E-state index is 4.53. The van der Waals surface area contributed by atoms with Crippen molar-refractivity contribution in [3.8, 4) is 0 Å². The summed E-state index contributed by atoms with van der Waals surface area (Å²) in [6.07, 6.45) is 1.85. The number of rotatable bonds is 3. The van der Waals surface area contributed by atoms with Crippen LogP contribution in [-0.2, 0) is 0 Å². The van der Waals surface area contributed by atoms with Crippen LogP contribution in [0.15, 0.2) is 36.9 Å². The van der Waals surface area contributed by atoms with Crippen molar-refractivity contribution in [2.45, 2.75) is 20.8 Å². The molecule has 0 aliphatic rings. The molecule has 2 rings (SSSR count). The summed E-state index contributed by atoms with van der Waals surface area (Å²) in [6, 6.07) is 10.3. The largest absolute Gasteiger partial charge is 0.340 e. The summed E-state index contributed by atoms with van der Waals surface area (Å²) >= 11 is 0. The van der Waals surface area contributed by atoms with Crippen LogP contribution in [0, 0.1) is 20.8 Å². The summed E-state index contributed by atoms with van der Waals surface area (Å²) in [4.78, 5) is 4.53. The first-order valence-corrected chi connectivity index (χ1v) is 6.04. The third kappa shape index (κ3) is 2.59. The van der Waals surface area contributed by atoms with E-state index >= 15 is 0 Å². The van der Waals surface area contributed by atoms with Crippen LogP contribution in [0.4, 0.5) is 11.5 Å². The molecule has 0 amide bonds. The topological polar surface area (TPSA) is 24.9 Å². The van der Waals surface area contributed by atoms with Gasteiger partial charge in [0, 0.05) is 11.4 Å². The summed E-state index contributed by atoms with van der Waals surface area (Å²) < 4.78 is 0. The minimum absolute atomic E-state index is 0.877. The van der Waals surface area contributed by atoms with Crippen molar-refractivity contribution in [1.82, 2.24) is 4.98 Å². The van der Waals surface area contributed by atoms with Crippen molar-refractivity contribution in [2.24, 2.45) is 0 Å². The van der Waals surface area contributed by atoms with E-state index in [0.717, 1.165) is 22.8 Å². The fraction of sp³-hybridized carbons (Fsp3) is 0.188. The van der Waals surface area contributed by atoms with E-state index in [1.807, 2.05) is 19.1 Å². The quantitative estimate of drug-likeness (QED) is 0.857. The molecule has 0 atom stereocenters. The number of nitrogens with zero attached hydrogens (tertiary/aromatic N) is 1. The molecule has 1 aromatic heterocycles. The molecule has 2 aromatic rings. The van der Waals surface area contributed by atoms with Gasteiger partial charge in [0.1, 0.15) is 5.82 Å². The molecule has 0 aliphatic carbocycles. The van der Waals surface area contributed by atoms with Gasteiger partial charge in [-0.3, -0.25) is 0 Å². The van der Waals surface area contributed by atoms with Gasteiger partial charge in [-0.15, -0.1) is 0 Å². The van der Waals surface area contributed by atoms with Crippen LogP contribution in [0.3, 0.4) is 0 Å². The van der Waals surface area contributed by atoms with Crippen LogP contribution in [-0.4, -0.2) is 4.98 Å². The zero-order chi connectivity index (χ0) is 13.1. The second-order valence-corrected chi connectivity index (χ2v) is 4.50. The SMILES string of the molecule is C=Cc1ccc(C)c(Nc2ccc(C)c(C)n2)c1. The number of aromatic nitrogens is 1. The molecule has 0 saturated heterocycles. The van der Waals surface area contributed by atoms with E-state index in [2.05, 4.69) is 55.0 Å². The van der Waals surface area contributed by atoms with E-state index in [1.165, 1.54) is 11.1 Å². The molecule has 0 fully saturated rings. The van der Waals surface area contributed by atoms with E-state index in [-0.39, 0.29) is 0 Å². The van der Waals surface area contributed by atoms with Gasteiger partial charge >= 0.3 is 0 Å². The molecule has 0 spiro atoms. The van der Waals surface area contributed by atoms with Gasteiger partial charge in [0.15, 0.2) is 0 Å². The molecule has 0 bridgehead atoms. The molecular formula is C16H18N2. The number of anilines is 2.